The zero-order valence-corrected chi connectivity index (χ0v) is 18.1. The fourth-order valence-electron chi connectivity index (χ4n) is 4.07. The number of aryl methyl sites for hydroxylation is 3. The summed E-state index contributed by atoms with van der Waals surface area (Å²) < 4.78 is 7.62. The van der Waals surface area contributed by atoms with E-state index >= 15 is 0 Å². The first-order chi connectivity index (χ1) is 14.0. The second kappa shape index (κ2) is 8.14. The highest BCUT2D eigenvalue weighted by molar-refractivity contribution is 7.20. The highest BCUT2D eigenvalue weighted by Gasteiger charge is 2.27. The Morgan fingerprint density at radius 1 is 1.24 bits per heavy atom. The molecule has 0 N–H and O–H groups in total. The molecule has 0 radical (unpaired) electrons. The number of esters is 1. The van der Waals surface area contributed by atoms with Crippen LogP contribution in [-0.4, -0.2) is 36.1 Å². The molecule has 0 amide bonds. The number of thiophene rings is 1. The van der Waals surface area contributed by atoms with E-state index in [9.17, 15) is 4.79 Å². The maximum absolute atomic E-state index is 13.0. The van der Waals surface area contributed by atoms with Crippen LogP contribution in [0.2, 0.25) is 0 Å². The van der Waals surface area contributed by atoms with Gasteiger partial charge in [0, 0.05) is 17.5 Å². The van der Waals surface area contributed by atoms with E-state index in [0.717, 1.165) is 46.6 Å². The Labute approximate surface area is 173 Å². The average molecular weight is 415 g/mol. The number of carbonyl (C=O) groups is 1. The summed E-state index contributed by atoms with van der Waals surface area (Å²) in [6.07, 6.45) is 5.97. The summed E-state index contributed by atoms with van der Waals surface area (Å²) in [5.41, 5.74) is 1.77. The minimum atomic E-state index is -0.526. The summed E-state index contributed by atoms with van der Waals surface area (Å²) in [4.78, 5) is 23.5. The predicted octanol–water partition coefficient (Wildman–Crippen LogP) is 4.28. The van der Waals surface area contributed by atoms with Crippen molar-refractivity contribution in [2.45, 2.75) is 78.4 Å². The molecule has 154 valence electrons. The fourth-order valence-corrected chi connectivity index (χ4v) is 5.20. The number of ether oxygens (including phenoxy) is 1. The lowest BCUT2D eigenvalue weighted by atomic mass is 9.95. The molecule has 0 aromatic carbocycles. The number of carbonyl (C=O) groups excluding carboxylic acids is 1. The predicted molar refractivity (Wildman–Crippen MR) is 110 cm³/mol. The van der Waals surface area contributed by atoms with Crippen LogP contribution in [0.15, 0.2) is 0 Å². The molecule has 1 unspecified atom stereocenters. The summed E-state index contributed by atoms with van der Waals surface area (Å²) in [7, 11) is 0. The minimum absolute atomic E-state index is 0.284. The van der Waals surface area contributed by atoms with E-state index in [1.54, 1.807) is 0 Å². The van der Waals surface area contributed by atoms with Crippen molar-refractivity contribution in [1.82, 2.24) is 30.2 Å². The number of rotatable bonds is 5. The molecule has 1 fully saturated rings. The van der Waals surface area contributed by atoms with Crippen LogP contribution in [0, 0.1) is 13.8 Å². The van der Waals surface area contributed by atoms with Crippen molar-refractivity contribution >= 4 is 27.5 Å². The number of hydrogen-bond acceptors (Lipinski definition) is 8. The first-order valence-electron chi connectivity index (χ1n) is 10.2. The SMILES string of the molecule is CCc1nc(C)c2c(C)c(C(=O)OC(C)c3nnnn3C3CCCCC3)sc2n1. The molecule has 0 bridgehead atoms. The largest absolute Gasteiger partial charge is 0.450 e. The lowest BCUT2D eigenvalue weighted by molar-refractivity contribution is 0.0309. The Hall–Kier alpha value is -2.42. The maximum Gasteiger partial charge on any atom is 0.349 e. The monoisotopic (exact) mass is 414 g/mol. The molecular weight excluding hydrogens is 388 g/mol. The molecular formula is C20H26N6O2S. The van der Waals surface area contributed by atoms with Gasteiger partial charge in [0.2, 0.25) is 0 Å². The Balaban J connectivity index is 1.58. The van der Waals surface area contributed by atoms with E-state index in [1.165, 1.54) is 30.6 Å². The van der Waals surface area contributed by atoms with Crippen LogP contribution >= 0.6 is 11.3 Å². The van der Waals surface area contributed by atoms with Gasteiger partial charge in [-0.05, 0) is 49.6 Å². The van der Waals surface area contributed by atoms with Crippen molar-refractivity contribution < 1.29 is 9.53 Å². The average Bonchev–Trinajstić information content (AvgIpc) is 3.33. The van der Waals surface area contributed by atoms with E-state index in [1.807, 2.05) is 32.4 Å². The van der Waals surface area contributed by atoms with Crippen molar-refractivity contribution in [3.05, 3.63) is 27.8 Å². The van der Waals surface area contributed by atoms with Crippen LogP contribution in [0.4, 0.5) is 0 Å². The molecule has 1 saturated carbocycles. The molecule has 0 saturated heterocycles. The van der Waals surface area contributed by atoms with E-state index < -0.39 is 6.10 Å². The molecule has 29 heavy (non-hydrogen) atoms. The zero-order chi connectivity index (χ0) is 20.5. The van der Waals surface area contributed by atoms with Gasteiger partial charge >= 0.3 is 5.97 Å². The van der Waals surface area contributed by atoms with Crippen LogP contribution in [0.3, 0.4) is 0 Å². The van der Waals surface area contributed by atoms with Gasteiger partial charge in [0.25, 0.3) is 0 Å². The number of tetrazole rings is 1. The van der Waals surface area contributed by atoms with E-state index in [-0.39, 0.29) is 12.0 Å². The van der Waals surface area contributed by atoms with E-state index in [0.29, 0.717) is 10.7 Å². The topological polar surface area (TPSA) is 95.7 Å². The maximum atomic E-state index is 13.0. The Morgan fingerprint density at radius 3 is 2.72 bits per heavy atom. The molecule has 0 aliphatic heterocycles. The van der Waals surface area contributed by atoms with Crippen molar-refractivity contribution in [2.24, 2.45) is 0 Å². The van der Waals surface area contributed by atoms with Gasteiger partial charge in [-0.1, -0.05) is 26.2 Å². The molecule has 4 rings (SSSR count). The molecule has 0 spiro atoms. The minimum Gasteiger partial charge on any atom is -0.450 e. The second-order valence-corrected chi connectivity index (χ2v) is 8.64. The molecule has 3 aromatic heterocycles. The van der Waals surface area contributed by atoms with Crippen molar-refractivity contribution in [2.75, 3.05) is 0 Å². The van der Waals surface area contributed by atoms with Gasteiger partial charge < -0.3 is 4.74 Å². The lowest BCUT2D eigenvalue weighted by Crippen LogP contribution is -2.20. The standard InChI is InChI=1S/C20H26N6O2S/c1-5-15-21-12(3)16-11(2)17(29-19(16)22-15)20(27)28-13(4)18-23-24-25-26(18)14-9-7-6-8-10-14/h13-14H,5-10H2,1-4H3. The fraction of sp³-hybridized carbons (Fsp3) is 0.600. The molecule has 3 heterocycles. The molecule has 1 aliphatic carbocycles. The number of nitrogens with zero attached hydrogens (tertiary/aromatic N) is 6. The van der Waals surface area contributed by atoms with Gasteiger partial charge in [0.05, 0.1) is 6.04 Å². The van der Waals surface area contributed by atoms with Crippen molar-refractivity contribution in [3.63, 3.8) is 0 Å². The highest BCUT2D eigenvalue weighted by Crippen LogP contribution is 2.34. The molecule has 8 nitrogen and oxygen atoms in total. The highest BCUT2D eigenvalue weighted by atomic mass is 32.1. The Kier molecular flexibility index (Phi) is 5.58. The van der Waals surface area contributed by atoms with Gasteiger partial charge in [0.15, 0.2) is 11.9 Å². The normalized spacial score (nSPS) is 16.3. The van der Waals surface area contributed by atoms with Gasteiger partial charge in [-0.3, -0.25) is 0 Å². The number of fused-ring (bicyclic) bond motifs is 1. The second-order valence-electron chi connectivity index (χ2n) is 7.64. The van der Waals surface area contributed by atoms with E-state index in [2.05, 4.69) is 25.5 Å². The Morgan fingerprint density at radius 2 is 2.00 bits per heavy atom. The smallest absolute Gasteiger partial charge is 0.349 e. The molecule has 1 aliphatic rings. The Bertz CT molecular complexity index is 1040. The summed E-state index contributed by atoms with van der Waals surface area (Å²) in [5.74, 6) is 1.03. The molecule has 1 atom stereocenters. The third-order valence-corrected chi connectivity index (χ3v) is 6.77. The third-order valence-electron chi connectivity index (χ3n) is 5.61. The zero-order valence-electron chi connectivity index (χ0n) is 17.3. The number of aromatic nitrogens is 6. The summed E-state index contributed by atoms with van der Waals surface area (Å²) in [5, 5.41) is 13.1. The summed E-state index contributed by atoms with van der Waals surface area (Å²) in [6.45, 7) is 7.73. The van der Waals surface area contributed by atoms with E-state index in [4.69, 9.17) is 4.74 Å². The first-order valence-corrected chi connectivity index (χ1v) is 11.1. The lowest BCUT2D eigenvalue weighted by Gasteiger charge is -2.23. The van der Waals surface area contributed by atoms with Crippen LogP contribution in [0.25, 0.3) is 10.2 Å². The molecule has 3 aromatic rings. The van der Waals surface area contributed by atoms with Crippen LogP contribution in [-0.2, 0) is 11.2 Å². The van der Waals surface area contributed by atoms with Crippen molar-refractivity contribution in [3.8, 4) is 0 Å². The quantitative estimate of drug-likeness (QED) is 0.575. The van der Waals surface area contributed by atoms with Crippen LogP contribution < -0.4 is 0 Å². The summed E-state index contributed by atoms with van der Waals surface area (Å²) >= 11 is 1.36. The number of hydrogen-bond donors (Lipinski definition) is 0. The van der Waals surface area contributed by atoms with Crippen LogP contribution in [0.5, 0.6) is 0 Å². The summed E-state index contributed by atoms with van der Waals surface area (Å²) in [6, 6.07) is 0.284. The first kappa shape index (κ1) is 19.9. The van der Waals surface area contributed by atoms with Gasteiger partial charge in [-0.2, -0.15) is 0 Å². The van der Waals surface area contributed by atoms with Gasteiger partial charge in [-0.25, -0.2) is 19.4 Å². The van der Waals surface area contributed by atoms with Crippen LogP contribution in [0.1, 0.15) is 90.7 Å². The third kappa shape index (κ3) is 3.75. The molecule has 9 heteroatoms. The van der Waals surface area contributed by atoms with Gasteiger partial charge in [-0.15, -0.1) is 16.4 Å². The van der Waals surface area contributed by atoms with Crippen molar-refractivity contribution in [1.29, 1.82) is 0 Å². The van der Waals surface area contributed by atoms with Gasteiger partial charge in [0.1, 0.15) is 15.5 Å².